The standard InChI is InChI=1S/C18H15ClN2O7/c1-10-3-4-11(17(23)27-2)7-15(10)20-16(22)9-28-18(24)13-6-5-12(21(25)26)8-14(13)19/h3-8H,9H2,1-2H3,(H,20,22). The molecule has 1 amide bonds. The van der Waals surface area contributed by atoms with Gasteiger partial charge in [0.2, 0.25) is 0 Å². The quantitative estimate of drug-likeness (QED) is 0.443. The van der Waals surface area contributed by atoms with Crippen LogP contribution in [0.1, 0.15) is 26.3 Å². The van der Waals surface area contributed by atoms with Crippen LogP contribution in [0.3, 0.4) is 0 Å². The molecule has 0 aliphatic heterocycles. The van der Waals surface area contributed by atoms with Gasteiger partial charge in [0.15, 0.2) is 6.61 Å². The molecule has 2 aromatic rings. The van der Waals surface area contributed by atoms with Crippen molar-refractivity contribution in [2.75, 3.05) is 19.0 Å². The van der Waals surface area contributed by atoms with Crippen molar-refractivity contribution < 1.29 is 28.8 Å². The van der Waals surface area contributed by atoms with Crippen molar-refractivity contribution >= 4 is 40.8 Å². The second kappa shape index (κ2) is 8.96. The van der Waals surface area contributed by atoms with Gasteiger partial charge in [-0.2, -0.15) is 0 Å². The molecule has 0 aromatic heterocycles. The van der Waals surface area contributed by atoms with E-state index in [9.17, 15) is 24.5 Å². The Morgan fingerprint density at radius 2 is 1.86 bits per heavy atom. The third kappa shape index (κ3) is 5.04. The number of carbonyl (C=O) groups is 3. The lowest BCUT2D eigenvalue weighted by molar-refractivity contribution is -0.384. The number of methoxy groups -OCH3 is 1. The van der Waals surface area contributed by atoms with E-state index in [1.54, 1.807) is 19.1 Å². The zero-order valence-corrected chi connectivity index (χ0v) is 15.6. The summed E-state index contributed by atoms with van der Waals surface area (Å²) in [5.74, 6) is -2.11. The van der Waals surface area contributed by atoms with Crippen LogP contribution in [0.2, 0.25) is 5.02 Å². The number of esters is 2. The number of nitro groups is 1. The fourth-order valence-corrected chi connectivity index (χ4v) is 2.43. The van der Waals surface area contributed by atoms with E-state index in [0.29, 0.717) is 11.3 Å². The fourth-order valence-electron chi connectivity index (χ4n) is 2.18. The maximum absolute atomic E-state index is 12.1. The van der Waals surface area contributed by atoms with E-state index in [1.165, 1.54) is 13.2 Å². The van der Waals surface area contributed by atoms with Gasteiger partial charge >= 0.3 is 11.9 Å². The highest BCUT2D eigenvalue weighted by atomic mass is 35.5. The SMILES string of the molecule is COC(=O)c1ccc(C)c(NC(=O)COC(=O)c2ccc([N+](=O)[O-])cc2Cl)c1. The number of hydrogen-bond donors (Lipinski definition) is 1. The largest absolute Gasteiger partial charge is 0.465 e. The van der Waals surface area contributed by atoms with Gasteiger partial charge in [0.1, 0.15) is 0 Å². The molecule has 0 fully saturated rings. The maximum Gasteiger partial charge on any atom is 0.340 e. The molecular weight excluding hydrogens is 392 g/mol. The predicted octanol–water partition coefficient (Wildman–Crippen LogP) is 3.14. The average Bonchev–Trinajstić information content (AvgIpc) is 2.67. The monoisotopic (exact) mass is 406 g/mol. The molecule has 28 heavy (non-hydrogen) atoms. The summed E-state index contributed by atoms with van der Waals surface area (Å²) in [6.07, 6.45) is 0. The number of benzene rings is 2. The number of amides is 1. The molecule has 0 unspecified atom stereocenters. The molecular formula is C18H15ClN2O7. The number of carbonyl (C=O) groups excluding carboxylic acids is 3. The molecule has 9 nitrogen and oxygen atoms in total. The van der Waals surface area contributed by atoms with Crippen LogP contribution in [0.5, 0.6) is 0 Å². The lowest BCUT2D eigenvalue weighted by Gasteiger charge is -2.11. The first-order valence-corrected chi connectivity index (χ1v) is 8.20. The van der Waals surface area contributed by atoms with Crippen LogP contribution in [-0.2, 0) is 14.3 Å². The number of halogens is 1. The number of nitrogens with one attached hydrogen (secondary N) is 1. The number of aryl methyl sites for hydroxylation is 1. The van der Waals surface area contributed by atoms with Crippen molar-refractivity contribution in [3.63, 3.8) is 0 Å². The summed E-state index contributed by atoms with van der Waals surface area (Å²) in [6.45, 7) is 1.10. The van der Waals surface area contributed by atoms with Gasteiger partial charge in [0.05, 0.1) is 28.2 Å². The van der Waals surface area contributed by atoms with E-state index >= 15 is 0 Å². The van der Waals surface area contributed by atoms with Crippen LogP contribution in [-0.4, -0.2) is 36.5 Å². The third-order valence-corrected chi connectivity index (χ3v) is 3.96. The van der Waals surface area contributed by atoms with Gasteiger partial charge < -0.3 is 14.8 Å². The molecule has 0 atom stereocenters. The lowest BCUT2D eigenvalue weighted by atomic mass is 10.1. The van der Waals surface area contributed by atoms with E-state index in [4.69, 9.17) is 16.3 Å². The van der Waals surface area contributed by atoms with Crippen LogP contribution in [0, 0.1) is 17.0 Å². The zero-order valence-electron chi connectivity index (χ0n) is 14.9. The molecule has 0 spiro atoms. The molecule has 0 bridgehead atoms. The number of nitro benzene ring substituents is 1. The van der Waals surface area contributed by atoms with Crippen molar-refractivity contribution in [1.82, 2.24) is 0 Å². The second-order valence-corrected chi connectivity index (χ2v) is 5.97. The van der Waals surface area contributed by atoms with Crippen molar-refractivity contribution in [2.45, 2.75) is 6.92 Å². The van der Waals surface area contributed by atoms with E-state index < -0.39 is 29.4 Å². The van der Waals surface area contributed by atoms with Crippen LogP contribution >= 0.6 is 11.6 Å². The number of non-ortho nitro benzene ring substituents is 1. The predicted molar refractivity (Wildman–Crippen MR) is 99.5 cm³/mol. The molecule has 2 rings (SSSR count). The van der Waals surface area contributed by atoms with Crippen molar-refractivity contribution in [1.29, 1.82) is 0 Å². The fraction of sp³-hybridized carbons (Fsp3) is 0.167. The summed E-state index contributed by atoms with van der Waals surface area (Å²) >= 11 is 5.85. The highest BCUT2D eigenvalue weighted by molar-refractivity contribution is 6.33. The van der Waals surface area contributed by atoms with Gasteiger partial charge in [0, 0.05) is 17.8 Å². The number of ether oxygens (including phenoxy) is 2. The average molecular weight is 407 g/mol. The van der Waals surface area contributed by atoms with Crippen molar-refractivity contribution in [2.24, 2.45) is 0 Å². The van der Waals surface area contributed by atoms with Crippen LogP contribution < -0.4 is 5.32 Å². The van der Waals surface area contributed by atoms with Crippen molar-refractivity contribution in [3.05, 3.63) is 68.2 Å². The minimum absolute atomic E-state index is 0.107. The molecule has 146 valence electrons. The van der Waals surface area contributed by atoms with Gasteiger partial charge in [0.25, 0.3) is 11.6 Å². The van der Waals surface area contributed by atoms with E-state index in [0.717, 1.165) is 18.2 Å². The number of rotatable bonds is 6. The topological polar surface area (TPSA) is 125 Å². The Labute approximate surface area is 164 Å². The molecule has 0 aliphatic rings. The summed E-state index contributed by atoms with van der Waals surface area (Å²) in [5.41, 5.74) is 0.908. The van der Waals surface area contributed by atoms with E-state index in [-0.39, 0.29) is 21.8 Å². The molecule has 0 radical (unpaired) electrons. The summed E-state index contributed by atoms with van der Waals surface area (Å²) in [5, 5.41) is 13.0. The summed E-state index contributed by atoms with van der Waals surface area (Å²) in [6, 6.07) is 7.88. The third-order valence-electron chi connectivity index (χ3n) is 3.65. The van der Waals surface area contributed by atoms with E-state index in [2.05, 4.69) is 10.1 Å². The Kier molecular flexibility index (Phi) is 6.67. The molecule has 0 saturated carbocycles. The molecule has 10 heteroatoms. The van der Waals surface area contributed by atoms with E-state index in [1.807, 2.05) is 0 Å². The Morgan fingerprint density at radius 1 is 1.14 bits per heavy atom. The smallest absolute Gasteiger partial charge is 0.340 e. The molecule has 0 aliphatic carbocycles. The van der Waals surface area contributed by atoms with Gasteiger partial charge in [-0.3, -0.25) is 14.9 Å². The Bertz CT molecular complexity index is 959. The highest BCUT2D eigenvalue weighted by Crippen LogP contribution is 2.23. The summed E-state index contributed by atoms with van der Waals surface area (Å²) < 4.78 is 9.51. The Hall–Kier alpha value is -3.46. The lowest BCUT2D eigenvalue weighted by Crippen LogP contribution is -2.21. The van der Waals surface area contributed by atoms with Crippen LogP contribution in [0.25, 0.3) is 0 Å². The van der Waals surface area contributed by atoms with Gasteiger partial charge in [-0.1, -0.05) is 17.7 Å². The number of hydrogen-bond acceptors (Lipinski definition) is 7. The minimum Gasteiger partial charge on any atom is -0.465 e. The molecule has 0 heterocycles. The zero-order chi connectivity index (χ0) is 20.8. The normalized spacial score (nSPS) is 10.1. The Balaban J connectivity index is 2.02. The molecule has 2 aromatic carbocycles. The van der Waals surface area contributed by atoms with Crippen LogP contribution in [0.15, 0.2) is 36.4 Å². The summed E-state index contributed by atoms with van der Waals surface area (Å²) in [7, 11) is 1.24. The summed E-state index contributed by atoms with van der Waals surface area (Å²) in [4.78, 5) is 45.7. The maximum atomic E-state index is 12.1. The first kappa shape index (κ1) is 20.8. The van der Waals surface area contributed by atoms with Gasteiger partial charge in [-0.15, -0.1) is 0 Å². The van der Waals surface area contributed by atoms with Gasteiger partial charge in [-0.05, 0) is 30.7 Å². The van der Waals surface area contributed by atoms with Gasteiger partial charge in [-0.25, -0.2) is 9.59 Å². The van der Waals surface area contributed by atoms with Crippen molar-refractivity contribution in [3.8, 4) is 0 Å². The number of nitrogens with zero attached hydrogens (tertiary/aromatic N) is 1. The first-order valence-electron chi connectivity index (χ1n) is 7.82. The first-order chi connectivity index (χ1) is 13.2. The highest BCUT2D eigenvalue weighted by Gasteiger charge is 2.18. The second-order valence-electron chi connectivity index (χ2n) is 5.57. The molecule has 1 N–H and O–H groups in total. The molecule has 0 saturated heterocycles. The minimum atomic E-state index is -0.907. The van der Waals surface area contributed by atoms with Crippen LogP contribution in [0.4, 0.5) is 11.4 Å². The Morgan fingerprint density at radius 3 is 2.46 bits per heavy atom. The number of anilines is 1.